The van der Waals surface area contributed by atoms with Gasteiger partial charge in [0.1, 0.15) is 11.6 Å². The van der Waals surface area contributed by atoms with Gasteiger partial charge in [0.2, 0.25) is 5.82 Å². The third kappa shape index (κ3) is 3.55. The van der Waals surface area contributed by atoms with Gasteiger partial charge < -0.3 is 14.6 Å². The van der Waals surface area contributed by atoms with Crippen molar-refractivity contribution in [2.24, 2.45) is 0 Å². The van der Waals surface area contributed by atoms with Crippen LogP contribution in [-0.4, -0.2) is 40.0 Å². The van der Waals surface area contributed by atoms with Gasteiger partial charge in [0.05, 0.1) is 5.69 Å². The van der Waals surface area contributed by atoms with E-state index >= 15 is 0 Å². The van der Waals surface area contributed by atoms with E-state index in [4.69, 9.17) is 9.26 Å². The number of anilines is 1. The molecule has 0 aliphatic carbocycles. The largest absolute Gasteiger partial charge is 0.364 e. The summed E-state index contributed by atoms with van der Waals surface area (Å²) in [6.45, 7) is 1.92. The number of nitrogens with zero attached hydrogens (tertiary/aromatic N) is 4. The van der Waals surface area contributed by atoms with Crippen molar-refractivity contribution < 1.29 is 14.1 Å². The predicted molar refractivity (Wildman–Crippen MR) is 87.4 cm³/mol. The van der Waals surface area contributed by atoms with Gasteiger partial charge in [-0.3, -0.25) is 10.3 Å². The number of amides is 2. The number of pyridine rings is 1. The third-order valence-corrected chi connectivity index (χ3v) is 3.99. The number of nitrogens with one attached hydrogen (secondary N) is 2. The van der Waals surface area contributed by atoms with Crippen molar-refractivity contribution in [3.8, 4) is 22.2 Å². The lowest BCUT2D eigenvalue weighted by molar-refractivity contribution is 0.177. The molecule has 0 bridgehead atoms. The van der Waals surface area contributed by atoms with Crippen LogP contribution in [0.15, 0.2) is 29.0 Å². The first kappa shape index (κ1) is 16.0. The summed E-state index contributed by atoms with van der Waals surface area (Å²) in [5, 5.41) is 9.51. The van der Waals surface area contributed by atoms with Gasteiger partial charge in [-0.2, -0.15) is 4.98 Å². The normalized spacial score (nSPS) is 10.6. The Labute approximate surface area is 141 Å². The van der Waals surface area contributed by atoms with Crippen LogP contribution in [0.3, 0.4) is 0 Å². The second-order valence-electron chi connectivity index (χ2n) is 4.66. The zero-order chi connectivity index (χ0) is 16.9. The van der Waals surface area contributed by atoms with E-state index in [0.29, 0.717) is 27.4 Å². The molecule has 10 heteroatoms. The summed E-state index contributed by atoms with van der Waals surface area (Å²) in [7, 11) is 1.49. The van der Waals surface area contributed by atoms with Crippen LogP contribution in [0.4, 0.5) is 9.93 Å². The van der Waals surface area contributed by atoms with Crippen LogP contribution < -0.4 is 10.6 Å². The van der Waals surface area contributed by atoms with Gasteiger partial charge in [-0.1, -0.05) is 16.5 Å². The molecule has 0 spiro atoms. The Balaban J connectivity index is 1.78. The summed E-state index contributed by atoms with van der Waals surface area (Å²) >= 11 is 1.25. The minimum Gasteiger partial charge on any atom is -0.364 e. The summed E-state index contributed by atoms with van der Waals surface area (Å²) in [6, 6.07) is 3.23. The SMILES string of the molecule is COCNC(=O)Nc1nc(C)c(-c2nc(-c3cccnc3)no2)s1. The lowest BCUT2D eigenvalue weighted by Crippen LogP contribution is -2.30. The smallest absolute Gasteiger partial charge is 0.322 e. The molecule has 0 aliphatic rings. The van der Waals surface area contributed by atoms with Crippen LogP contribution in [0, 0.1) is 6.92 Å². The Morgan fingerprint density at radius 3 is 3.04 bits per heavy atom. The maximum Gasteiger partial charge on any atom is 0.322 e. The predicted octanol–water partition coefficient (Wildman–Crippen LogP) is 2.29. The fraction of sp³-hybridized carbons (Fsp3) is 0.214. The van der Waals surface area contributed by atoms with Crippen molar-refractivity contribution in [1.82, 2.24) is 25.4 Å². The van der Waals surface area contributed by atoms with E-state index in [0.717, 1.165) is 5.56 Å². The Morgan fingerprint density at radius 1 is 1.42 bits per heavy atom. The van der Waals surface area contributed by atoms with Crippen LogP contribution in [0.2, 0.25) is 0 Å². The molecule has 0 fully saturated rings. The minimum atomic E-state index is -0.404. The molecule has 3 aromatic rings. The average Bonchev–Trinajstić information content (AvgIpc) is 3.20. The molecule has 0 unspecified atom stereocenters. The molecule has 0 atom stereocenters. The van der Waals surface area contributed by atoms with Crippen molar-refractivity contribution in [3.63, 3.8) is 0 Å². The quantitative estimate of drug-likeness (QED) is 0.681. The van der Waals surface area contributed by atoms with Gasteiger partial charge in [-0.15, -0.1) is 0 Å². The van der Waals surface area contributed by atoms with Crippen molar-refractivity contribution >= 4 is 22.5 Å². The van der Waals surface area contributed by atoms with Gasteiger partial charge in [0.25, 0.3) is 5.89 Å². The highest BCUT2D eigenvalue weighted by atomic mass is 32.1. The summed E-state index contributed by atoms with van der Waals surface area (Å²) in [4.78, 5) is 25.0. The van der Waals surface area contributed by atoms with Gasteiger partial charge in [-0.25, -0.2) is 9.78 Å². The number of urea groups is 1. The fourth-order valence-corrected chi connectivity index (χ4v) is 2.74. The van der Waals surface area contributed by atoms with E-state index in [-0.39, 0.29) is 6.73 Å². The molecule has 3 rings (SSSR count). The molecule has 3 heterocycles. The molecule has 0 saturated heterocycles. The number of carbonyl (C=O) groups is 1. The summed E-state index contributed by atoms with van der Waals surface area (Å²) in [5.41, 5.74) is 1.44. The zero-order valence-corrected chi connectivity index (χ0v) is 13.8. The minimum absolute atomic E-state index is 0.112. The number of thiazole rings is 1. The van der Waals surface area contributed by atoms with E-state index in [2.05, 4.69) is 30.7 Å². The number of carbonyl (C=O) groups excluding carboxylic acids is 1. The Hall–Kier alpha value is -2.85. The van der Waals surface area contributed by atoms with Gasteiger partial charge >= 0.3 is 6.03 Å². The maximum atomic E-state index is 11.6. The number of rotatable bonds is 5. The Bertz CT molecular complexity index is 832. The fourth-order valence-electron chi connectivity index (χ4n) is 1.86. The first-order valence-corrected chi connectivity index (χ1v) is 7.74. The van der Waals surface area contributed by atoms with Crippen LogP contribution in [0.1, 0.15) is 5.69 Å². The molecule has 0 radical (unpaired) electrons. The highest BCUT2D eigenvalue weighted by molar-refractivity contribution is 7.19. The highest BCUT2D eigenvalue weighted by Gasteiger charge is 2.18. The molecule has 2 amide bonds. The van der Waals surface area contributed by atoms with E-state index in [9.17, 15) is 4.79 Å². The first-order chi connectivity index (χ1) is 11.7. The zero-order valence-electron chi connectivity index (χ0n) is 12.9. The Morgan fingerprint density at radius 2 is 2.29 bits per heavy atom. The van der Waals surface area contributed by atoms with Gasteiger partial charge in [-0.05, 0) is 19.1 Å². The standard InChI is InChI=1S/C14H14N6O3S/c1-8-10(24-14(17-8)19-13(21)16-7-22-2)12-18-11(20-23-12)9-4-3-5-15-6-9/h3-6H,7H2,1-2H3,(H2,16,17,19,21). The molecule has 24 heavy (non-hydrogen) atoms. The second kappa shape index (κ2) is 7.15. The number of hydrogen-bond acceptors (Lipinski definition) is 8. The molecule has 0 aromatic carbocycles. The van der Waals surface area contributed by atoms with E-state index in [1.165, 1.54) is 18.4 Å². The van der Waals surface area contributed by atoms with E-state index < -0.39 is 6.03 Å². The van der Waals surface area contributed by atoms with Crippen LogP contribution >= 0.6 is 11.3 Å². The van der Waals surface area contributed by atoms with Crippen molar-refractivity contribution in [2.45, 2.75) is 6.92 Å². The maximum absolute atomic E-state index is 11.6. The van der Waals surface area contributed by atoms with Gasteiger partial charge in [0.15, 0.2) is 5.13 Å². The number of aromatic nitrogens is 4. The molecular weight excluding hydrogens is 332 g/mol. The summed E-state index contributed by atoms with van der Waals surface area (Å²) < 4.78 is 10.1. The lowest BCUT2D eigenvalue weighted by atomic mass is 10.3. The molecule has 0 aliphatic heterocycles. The monoisotopic (exact) mass is 346 g/mol. The topological polar surface area (TPSA) is 115 Å². The molecule has 2 N–H and O–H groups in total. The van der Waals surface area contributed by atoms with Crippen LogP contribution in [-0.2, 0) is 4.74 Å². The molecule has 9 nitrogen and oxygen atoms in total. The number of ether oxygens (including phenoxy) is 1. The average molecular weight is 346 g/mol. The van der Waals surface area contributed by atoms with Crippen molar-refractivity contribution in [2.75, 3.05) is 19.2 Å². The molecular formula is C14H14N6O3S. The summed E-state index contributed by atoms with van der Waals surface area (Å²) in [6.07, 6.45) is 3.33. The first-order valence-electron chi connectivity index (χ1n) is 6.93. The van der Waals surface area contributed by atoms with E-state index in [1.54, 1.807) is 25.4 Å². The number of aryl methyl sites for hydroxylation is 1. The van der Waals surface area contributed by atoms with Crippen LogP contribution in [0.25, 0.3) is 22.2 Å². The number of hydrogen-bond donors (Lipinski definition) is 2. The third-order valence-electron chi connectivity index (χ3n) is 2.93. The second-order valence-corrected chi connectivity index (χ2v) is 5.66. The molecule has 124 valence electrons. The lowest BCUT2D eigenvalue weighted by Gasteiger charge is -2.02. The van der Waals surface area contributed by atoms with Crippen molar-refractivity contribution in [3.05, 3.63) is 30.2 Å². The van der Waals surface area contributed by atoms with Crippen molar-refractivity contribution in [1.29, 1.82) is 0 Å². The number of methoxy groups -OCH3 is 1. The van der Waals surface area contributed by atoms with E-state index in [1.807, 2.05) is 6.07 Å². The highest BCUT2D eigenvalue weighted by Crippen LogP contribution is 2.32. The molecule has 3 aromatic heterocycles. The summed E-state index contributed by atoms with van der Waals surface area (Å²) in [5.74, 6) is 0.785. The molecule has 0 saturated carbocycles. The van der Waals surface area contributed by atoms with Crippen LogP contribution in [0.5, 0.6) is 0 Å². The Kier molecular flexibility index (Phi) is 4.77. The van der Waals surface area contributed by atoms with Gasteiger partial charge in [0, 0.05) is 25.1 Å².